The SMILES string of the molecule is O=C(c1ccnc(Nc2ccccc2F)n1)N(Cc1ccccc1)c1ccccc1. The molecule has 0 unspecified atom stereocenters. The Bertz CT molecular complexity index is 1140. The molecule has 0 saturated carbocycles. The first-order valence-electron chi connectivity index (χ1n) is 9.46. The third-order valence-electron chi connectivity index (χ3n) is 4.49. The lowest BCUT2D eigenvalue weighted by Gasteiger charge is -2.23. The number of para-hydroxylation sites is 2. The maximum Gasteiger partial charge on any atom is 0.277 e. The van der Waals surface area contributed by atoms with Crippen molar-refractivity contribution in [2.24, 2.45) is 0 Å². The van der Waals surface area contributed by atoms with Crippen molar-refractivity contribution < 1.29 is 9.18 Å². The fourth-order valence-electron chi connectivity index (χ4n) is 3.01. The van der Waals surface area contributed by atoms with Gasteiger partial charge in [-0.3, -0.25) is 4.79 Å². The van der Waals surface area contributed by atoms with Gasteiger partial charge in [0.25, 0.3) is 5.91 Å². The number of benzene rings is 3. The summed E-state index contributed by atoms with van der Waals surface area (Å²) in [5, 5.41) is 2.83. The molecule has 1 aromatic heterocycles. The van der Waals surface area contributed by atoms with E-state index in [0.29, 0.717) is 6.54 Å². The molecular formula is C24H19FN4O. The molecule has 0 atom stereocenters. The van der Waals surface area contributed by atoms with Crippen LogP contribution in [0.15, 0.2) is 97.2 Å². The number of hydrogen-bond donors (Lipinski definition) is 1. The summed E-state index contributed by atoms with van der Waals surface area (Å²) in [6, 6.07) is 26.9. The topological polar surface area (TPSA) is 58.1 Å². The third-order valence-corrected chi connectivity index (χ3v) is 4.49. The van der Waals surface area contributed by atoms with Gasteiger partial charge in [-0.15, -0.1) is 0 Å². The van der Waals surface area contributed by atoms with Crippen LogP contribution in [0.1, 0.15) is 16.1 Å². The van der Waals surface area contributed by atoms with Gasteiger partial charge in [0.15, 0.2) is 0 Å². The van der Waals surface area contributed by atoms with Gasteiger partial charge in [0, 0.05) is 11.9 Å². The van der Waals surface area contributed by atoms with E-state index in [1.54, 1.807) is 29.2 Å². The minimum atomic E-state index is -0.423. The largest absolute Gasteiger partial charge is 0.322 e. The molecule has 0 spiro atoms. The van der Waals surface area contributed by atoms with Crippen LogP contribution >= 0.6 is 0 Å². The highest BCUT2D eigenvalue weighted by Crippen LogP contribution is 2.21. The Hall–Kier alpha value is -4.06. The number of hydrogen-bond acceptors (Lipinski definition) is 4. The van der Waals surface area contributed by atoms with E-state index in [1.165, 1.54) is 12.3 Å². The lowest BCUT2D eigenvalue weighted by Crippen LogP contribution is -2.31. The number of anilines is 3. The summed E-state index contributed by atoms with van der Waals surface area (Å²) in [4.78, 5) is 23.4. The summed E-state index contributed by atoms with van der Waals surface area (Å²) in [6.07, 6.45) is 1.48. The van der Waals surface area contributed by atoms with Crippen molar-refractivity contribution in [1.82, 2.24) is 9.97 Å². The van der Waals surface area contributed by atoms with Crippen LogP contribution in [0.25, 0.3) is 0 Å². The standard InChI is InChI=1S/C24H19FN4O/c25-20-13-7-8-14-21(20)27-24-26-16-15-22(28-24)23(30)29(19-11-5-2-6-12-19)17-18-9-3-1-4-10-18/h1-16H,17H2,(H,26,27,28). The summed E-state index contributed by atoms with van der Waals surface area (Å²) < 4.78 is 13.9. The van der Waals surface area contributed by atoms with E-state index in [4.69, 9.17) is 0 Å². The lowest BCUT2D eigenvalue weighted by molar-refractivity contribution is 0.0980. The van der Waals surface area contributed by atoms with Crippen LogP contribution in [-0.4, -0.2) is 15.9 Å². The third kappa shape index (κ3) is 4.50. The summed E-state index contributed by atoms with van der Waals surface area (Å²) in [6.45, 7) is 0.393. The summed E-state index contributed by atoms with van der Waals surface area (Å²) in [7, 11) is 0. The fraction of sp³-hybridized carbons (Fsp3) is 0.0417. The molecule has 0 aliphatic rings. The van der Waals surface area contributed by atoms with Crippen molar-refractivity contribution in [2.45, 2.75) is 6.54 Å². The van der Waals surface area contributed by atoms with E-state index in [1.807, 2.05) is 60.7 Å². The maximum absolute atomic E-state index is 13.9. The number of nitrogens with one attached hydrogen (secondary N) is 1. The van der Waals surface area contributed by atoms with Gasteiger partial charge < -0.3 is 10.2 Å². The Labute approximate surface area is 173 Å². The van der Waals surface area contributed by atoms with Crippen molar-refractivity contribution in [3.63, 3.8) is 0 Å². The second-order valence-corrected chi connectivity index (χ2v) is 6.58. The van der Waals surface area contributed by atoms with Crippen molar-refractivity contribution in [3.05, 3.63) is 114 Å². The molecule has 0 aliphatic heterocycles. The first kappa shape index (κ1) is 19.3. The first-order chi connectivity index (χ1) is 14.7. The van der Waals surface area contributed by atoms with Crippen LogP contribution < -0.4 is 10.2 Å². The van der Waals surface area contributed by atoms with Crippen molar-refractivity contribution >= 4 is 23.2 Å². The average Bonchev–Trinajstić information content (AvgIpc) is 2.80. The molecule has 30 heavy (non-hydrogen) atoms. The van der Waals surface area contributed by atoms with E-state index < -0.39 is 5.82 Å². The van der Waals surface area contributed by atoms with Gasteiger partial charge >= 0.3 is 0 Å². The molecule has 4 aromatic rings. The van der Waals surface area contributed by atoms with E-state index in [2.05, 4.69) is 15.3 Å². The van der Waals surface area contributed by atoms with Gasteiger partial charge in [-0.2, -0.15) is 0 Å². The van der Waals surface area contributed by atoms with Crippen LogP contribution in [0.2, 0.25) is 0 Å². The number of aromatic nitrogens is 2. The van der Waals surface area contributed by atoms with Crippen molar-refractivity contribution in [3.8, 4) is 0 Å². The zero-order chi connectivity index (χ0) is 20.8. The Morgan fingerprint density at radius 1 is 0.867 bits per heavy atom. The molecule has 0 aliphatic carbocycles. The summed E-state index contributed by atoms with van der Waals surface area (Å²) in [5.74, 6) is -0.546. The van der Waals surface area contributed by atoms with Crippen LogP contribution in [0.5, 0.6) is 0 Å². The molecule has 5 nitrogen and oxygen atoms in total. The van der Waals surface area contributed by atoms with Gasteiger partial charge in [0.2, 0.25) is 5.95 Å². The maximum atomic E-state index is 13.9. The van der Waals surface area contributed by atoms with Crippen molar-refractivity contribution in [2.75, 3.05) is 10.2 Å². The monoisotopic (exact) mass is 398 g/mol. The zero-order valence-electron chi connectivity index (χ0n) is 16.1. The van der Waals surface area contributed by atoms with Crippen LogP contribution in [-0.2, 0) is 6.54 Å². The molecule has 0 radical (unpaired) electrons. The van der Waals surface area contributed by atoms with E-state index in [0.717, 1.165) is 11.3 Å². The molecular weight excluding hydrogens is 379 g/mol. The van der Waals surface area contributed by atoms with Crippen LogP contribution in [0.4, 0.5) is 21.7 Å². The second-order valence-electron chi connectivity index (χ2n) is 6.58. The van der Waals surface area contributed by atoms with E-state index in [9.17, 15) is 9.18 Å². The number of rotatable bonds is 6. The predicted molar refractivity (Wildman–Crippen MR) is 115 cm³/mol. The summed E-state index contributed by atoms with van der Waals surface area (Å²) in [5.41, 5.74) is 2.21. The molecule has 1 amide bonds. The number of amides is 1. The minimum Gasteiger partial charge on any atom is -0.322 e. The quantitative estimate of drug-likeness (QED) is 0.485. The molecule has 6 heteroatoms. The average molecular weight is 398 g/mol. The highest BCUT2D eigenvalue weighted by Gasteiger charge is 2.20. The lowest BCUT2D eigenvalue weighted by atomic mass is 10.2. The van der Waals surface area contributed by atoms with Gasteiger partial charge in [-0.05, 0) is 35.9 Å². The molecule has 0 fully saturated rings. The van der Waals surface area contributed by atoms with Gasteiger partial charge in [0.1, 0.15) is 11.5 Å². The van der Waals surface area contributed by atoms with E-state index in [-0.39, 0.29) is 23.2 Å². The molecule has 1 N–H and O–H groups in total. The van der Waals surface area contributed by atoms with E-state index >= 15 is 0 Å². The Balaban J connectivity index is 1.63. The molecule has 0 saturated heterocycles. The molecule has 4 rings (SSSR count). The molecule has 1 heterocycles. The number of carbonyl (C=O) groups is 1. The smallest absolute Gasteiger partial charge is 0.277 e. The fourth-order valence-corrected chi connectivity index (χ4v) is 3.01. The molecule has 148 valence electrons. The molecule has 3 aromatic carbocycles. The van der Waals surface area contributed by atoms with Gasteiger partial charge in [0.05, 0.1) is 12.2 Å². The minimum absolute atomic E-state index is 0.152. The first-order valence-corrected chi connectivity index (χ1v) is 9.46. The highest BCUT2D eigenvalue weighted by atomic mass is 19.1. The van der Waals surface area contributed by atoms with Gasteiger partial charge in [-0.25, -0.2) is 14.4 Å². The van der Waals surface area contributed by atoms with Crippen LogP contribution in [0.3, 0.4) is 0 Å². The second kappa shape index (κ2) is 8.96. The Morgan fingerprint density at radius 2 is 1.53 bits per heavy atom. The predicted octanol–water partition coefficient (Wildman–Crippen LogP) is 5.21. The Morgan fingerprint density at radius 3 is 2.27 bits per heavy atom. The zero-order valence-corrected chi connectivity index (χ0v) is 16.1. The number of nitrogens with zero attached hydrogens (tertiary/aromatic N) is 3. The molecule has 0 bridgehead atoms. The summed E-state index contributed by atoms with van der Waals surface area (Å²) >= 11 is 0. The Kier molecular flexibility index (Phi) is 5.75. The van der Waals surface area contributed by atoms with Gasteiger partial charge in [-0.1, -0.05) is 60.7 Å². The number of halogens is 1. The normalized spacial score (nSPS) is 10.4. The van der Waals surface area contributed by atoms with Crippen molar-refractivity contribution in [1.29, 1.82) is 0 Å². The number of carbonyl (C=O) groups excluding carboxylic acids is 1. The van der Waals surface area contributed by atoms with Crippen LogP contribution in [0, 0.1) is 5.82 Å². The highest BCUT2D eigenvalue weighted by molar-refractivity contribution is 6.04.